The third-order valence-electron chi connectivity index (χ3n) is 3.95. The van der Waals surface area contributed by atoms with E-state index in [2.05, 4.69) is 19.5 Å². The van der Waals surface area contributed by atoms with Gasteiger partial charge in [-0.3, -0.25) is 4.79 Å². The second-order valence-electron chi connectivity index (χ2n) is 6.12. The smallest absolute Gasteiger partial charge is 0.387 e. The molecule has 0 saturated heterocycles. The summed E-state index contributed by atoms with van der Waals surface area (Å²) in [6.45, 7) is -1.09. The Balaban J connectivity index is 2.22. The Hall–Kier alpha value is -3.95. The molecule has 0 bridgehead atoms. The molecule has 2 aromatic rings. The van der Waals surface area contributed by atoms with E-state index in [1.54, 1.807) is 6.92 Å². The fraction of sp³-hybridized carbons (Fsp3) is 0.227. The van der Waals surface area contributed by atoms with Gasteiger partial charge in [0.2, 0.25) is 5.91 Å². The minimum Gasteiger partial charge on any atom is -0.490 e. The summed E-state index contributed by atoms with van der Waals surface area (Å²) in [7, 11) is 2.37. The molecule has 10 heteroatoms. The summed E-state index contributed by atoms with van der Waals surface area (Å²) in [5.41, 5.74) is 0.749. The largest absolute Gasteiger partial charge is 0.490 e. The van der Waals surface area contributed by atoms with Crippen LogP contribution in [0.1, 0.15) is 33.2 Å². The van der Waals surface area contributed by atoms with E-state index in [1.165, 1.54) is 62.8 Å². The van der Waals surface area contributed by atoms with Gasteiger partial charge in [-0.15, -0.1) is 0 Å². The van der Waals surface area contributed by atoms with Gasteiger partial charge in [0.25, 0.3) is 0 Å². The van der Waals surface area contributed by atoms with Crippen molar-refractivity contribution in [2.75, 3.05) is 26.1 Å². The molecular weight excluding hydrogens is 428 g/mol. The van der Waals surface area contributed by atoms with Crippen LogP contribution in [0.2, 0.25) is 0 Å². The molecule has 0 unspecified atom stereocenters. The summed E-state index contributed by atoms with van der Waals surface area (Å²) >= 11 is 0. The van der Waals surface area contributed by atoms with Gasteiger partial charge in [-0.1, -0.05) is 6.07 Å². The molecule has 1 amide bonds. The van der Waals surface area contributed by atoms with Crippen LogP contribution in [0.3, 0.4) is 0 Å². The normalized spacial score (nSPS) is 10.7. The Morgan fingerprint density at radius 1 is 0.969 bits per heavy atom. The molecule has 0 aliphatic rings. The highest BCUT2D eigenvalue weighted by Crippen LogP contribution is 2.30. The number of hydrogen-bond donors (Lipinski definition) is 1. The summed E-state index contributed by atoms with van der Waals surface area (Å²) < 4.78 is 44.0. The number of alkyl halides is 2. The number of hydrogen-bond acceptors (Lipinski definition) is 7. The predicted octanol–water partition coefficient (Wildman–Crippen LogP) is 3.91. The van der Waals surface area contributed by atoms with Gasteiger partial charge >= 0.3 is 18.6 Å². The Bertz CT molecular complexity index is 987. The van der Waals surface area contributed by atoms with Gasteiger partial charge in [-0.05, 0) is 48.9 Å². The maximum absolute atomic E-state index is 12.5. The zero-order chi connectivity index (χ0) is 23.7. The van der Waals surface area contributed by atoms with E-state index in [1.807, 2.05) is 0 Å². The average Bonchev–Trinajstić information content (AvgIpc) is 2.77. The topological polar surface area (TPSA) is 100 Å². The zero-order valence-corrected chi connectivity index (χ0v) is 17.5. The van der Waals surface area contributed by atoms with Crippen LogP contribution in [0.5, 0.6) is 11.5 Å². The predicted molar refractivity (Wildman–Crippen MR) is 111 cm³/mol. The summed E-state index contributed by atoms with van der Waals surface area (Å²) in [5, 5.41) is 2.53. The van der Waals surface area contributed by atoms with Gasteiger partial charge in [0.05, 0.1) is 32.0 Å². The molecule has 32 heavy (non-hydrogen) atoms. The van der Waals surface area contributed by atoms with Crippen molar-refractivity contribution >= 4 is 29.6 Å². The third kappa shape index (κ3) is 6.79. The molecule has 0 aliphatic carbocycles. The van der Waals surface area contributed by atoms with E-state index in [4.69, 9.17) is 4.74 Å². The number of amides is 1. The second kappa shape index (κ2) is 11.4. The first-order valence-corrected chi connectivity index (χ1v) is 9.29. The van der Waals surface area contributed by atoms with E-state index in [-0.39, 0.29) is 34.9 Å². The van der Waals surface area contributed by atoms with Gasteiger partial charge < -0.3 is 24.3 Å². The van der Waals surface area contributed by atoms with Crippen LogP contribution in [0.15, 0.2) is 42.5 Å². The van der Waals surface area contributed by atoms with E-state index in [9.17, 15) is 23.2 Å². The molecule has 0 heterocycles. The molecule has 2 rings (SSSR count). The van der Waals surface area contributed by atoms with E-state index < -0.39 is 24.5 Å². The molecule has 0 saturated carbocycles. The number of esters is 2. The number of nitrogens with one attached hydrogen (secondary N) is 1. The molecular formula is C22H21F2NO7. The van der Waals surface area contributed by atoms with Crippen molar-refractivity contribution in [3.8, 4) is 11.5 Å². The molecule has 170 valence electrons. The first kappa shape index (κ1) is 24.3. The van der Waals surface area contributed by atoms with Gasteiger partial charge in [-0.25, -0.2) is 9.59 Å². The Kier molecular flexibility index (Phi) is 8.70. The van der Waals surface area contributed by atoms with Crippen molar-refractivity contribution in [1.82, 2.24) is 0 Å². The van der Waals surface area contributed by atoms with Crippen molar-refractivity contribution in [1.29, 1.82) is 0 Å². The molecule has 2 aromatic carbocycles. The van der Waals surface area contributed by atoms with Gasteiger partial charge in [0.1, 0.15) is 0 Å². The highest BCUT2D eigenvalue weighted by molar-refractivity contribution is 6.04. The highest BCUT2D eigenvalue weighted by Gasteiger charge is 2.15. The number of halogens is 2. The van der Waals surface area contributed by atoms with Gasteiger partial charge in [-0.2, -0.15) is 8.78 Å². The van der Waals surface area contributed by atoms with Crippen LogP contribution >= 0.6 is 0 Å². The number of carbonyl (C=O) groups excluding carboxylic acids is 3. The molecule has 0 aliphatic heterocycles. The Morgan fingerprint density at radius 3 is 2.12 bits per heavy atom. The second-order valence-corrected chi connectivity index (χ2v) is 6.12. The molecule has 1 N–H and O–H groups in total. The van der Waals surface area contributed by atoms with E-state index in [0.717, 1.165) is 0 Å². The Labute approximate surface area is 182 Å². The van der Waals surface area contributed by atoms with Gasteiger partial charge in [0.15, 0.2) is 11.5 Å². The van der Waals surface area contributed by atoms with Crippen LogP contribution < -0.4 is 14.8 Å². The maximum Gasteiger partial charge on any atom is 0.387 e. The molecule has 8 nitrogen and oxygen atoms in total. The molecule has 0 radical (unpaired) electrons. The van der Waals surface area contributed by atoms with E-state index >= 15 is 0 Å². The van der Waals surface area contributed by atoms with Crippen LogP contribution in [-0.2, 0) is 14.3 Å². The first-order valence-electron chi connectivity index (χ1n) is 9.29. The number of anilines is 1. The maximum atomic E-state index is 12.5. The quantitative estimate of drug-likeness (QED) is 0.458. The highest BCUT2D eigenvalue weighted by atomic mass is 19.3. The van der Waals surface area contributed by atoms with Crippen LogP contribution in [0.4, 0.5) is 14.5 Å². The van der Waals surface area contributed by atoms with Crippen LogP contribution in [0, 0.1) is 0 Å². The summed E-state index contributed by atoms with van der Waals surface area (Å²) in [5.74, 6) is -2.00. The molecule has 0 aromatic heterocycles. The van der Waals surface area contributed by atoms with Crippen LogP contribution in [0.25, 0.3) is 6.08 Å². The average molecular weight is 449 g/mol. The fourth-order valence-electron chi connectivity index (χ4n) is 2.62. The minimum absolute atomic E-state index is 0.0469. The fourth-order valence-corrected chi connectivity index (χ4v) is 2.62. The van der Waals surface area contributed by atoms with Crippen molar-refractivity contribution in [2.24, 2.45) is 0 Å². The number of rotatable bonds is 9. The number of benzene rings is 2. The zero-order valence-electron chi connectivity index (χ0n) is 17.5. The molecule has 0 atom stereocenters. The first-order chi connectivity index (χ1) is 15.3. The van der Waals surface area contributed by atoms with Gasteiger partial charge in [0, 0.05) is 11.8 Å². The van der Waals surface area contributed by atoms with Crippen LogP contribution in [-0.4, -0.2) is 45.3 Å². The lowest BCUT2D eigenvalue weighted by Gasteiger charge is -2.11. The lowest BCUT2D eigenvalue weighted by Crippen LogP contribution is -2.12. The summed E-state index contributed by atoms with van der Waals surface area (Å²) in [4.78, 5) is 36.0. The van der Waals surface area contributed by atoms with Crippen molar-refractivity contribution in [2.45, 2.75) is 13.5 Å². The molecule has 0 spiro atoms. The van der Waals surface area contributed by atoms with Crippen molar-refractivity contribution in [3.05, 3.63) is 59.2 Å². The Morgan fingerprint density at radius 2 is 1.59 bits per heavy atom. The monoisotopic (exact) mass is 449 g/mol. The SMILES string of the molecule is CCOc1cc(C=CC(=O)Nc2cc(C(=O)OC)cc(C(=O)OC)c2)ccc1OC(F)F. The number of carbonyl (C=O) groups is 3. The lowest BCUT2D eigenvalue weighted by atomic mass is 10.1. The standard InChI is InChI=1S/C22H21F2NO7/c1-4-31-18-9-13(5-7-17(18)32-22(23)24)6-8-19(26)25-16-11-14(20(27)29-2)10-15(12-16)21(28)30-3/h5-12,22H,4H2,1-3H3,(H,25,26). The molecule has 0 fully saturated rings. The lowest BCUT2D eigenvalue weighted by molar-refractivity contribution is -0.111. The number of ether oxygens (including phenoxy) is 4. The van der Waals surface area contributed by atoms with Crippen molar-refractivity contribution in [3.63, 3.8) is 0 Å². The minimum atomic E-state index is -3.00. The van der Waals surface area contributed by atoms with Crippen molar-refractivity contribution < 1.29 is 42.1 Å². The summed E-state index contributed by atoms with van der Waals surface area (Å²) in [6, 6.07) is 8.18. The number of methoxy groups -OCH3 is 2. The van der Waals surface area contributed by atoms with E-state index in [0.29, 0.717) is 5.56 Å². The summed E-state index contributed by atoms with van der Waals surface area (Å²) in [6.07, 6.45) is 2.61. The third-order valence-corrected chi connectivity index (χ3v) is 3.95.